The highest BCUT2D eigenvalue weighted by Crippen LogP contribution is 2.29. The molecule has 3 aromatic heterocycles. The van der Waals surface area contributed by atoms with E-state index < -0.39 is 0 Å². The summed E-state index contributed by atoms with van der Waals surface area (Å²) in [7, 11) is 0. The molecule has 30 heavy (non-hydrogen) atoms. The Morgan fingerprint density at radius 3 is 2.47 bits per heavy atom. The smallest absolute Gasteiger partial charge is 0.247 e. The van der Waals surface area contributed by atoms with E-state index in [1.165, 1.54) is 0 Å². The summed E-state index contributed by atoms with van der Waals surface area (Å²) in [6.07, 6.45) is 2.57. The van der Waals surface area contributed by atoms with Gasteiger partial charge >= 0.3 is 0 Å². The van der Waals surface area contributed by atoms with Crippen molar-refractivity contribution in [2.24, 2.45) is 0 Å². The second-order valence-corrected chi connectivity index (χ2v) is 6.38. The predicted octanol–water partition coefficient (Wildman–Crippen LogP) is 5.32. The fourth-order valence-corrected chi connectivity index (χ4v) is 3.19. The summed E-state index contributed by atoms with van der Waals surface area (Å²) in [6.45, 7) is 2.02. The summed E-state index contributed by atoms with van der Waals surface area (Å²) in [4.78, 5) is 20.5. The van der Waals surface area contributed by atoms with Crippen molar-refractivity contribution < 1.29 is 0 Å². The summed E-state index contributed by atoms with van der Waals surface area (Å²) < 4.78 is 0. The highest BCUT2D eigenvalue weighted by atomic mass is 127. The normalized spacial score (nSPS) is 10.6. The first-order valence-electron chi connectivity index (χ1n) is 9.49. The number of hydrogen-bond donors (Lipinski definition) is 2. The van der Waals surface area contributed by atoms with Gasteiger partial charge in [-0.25, -0.2) is 9.97 Å². The largest absolute Gasteiger partial charge is 0.307 e. The minimum atomic E-state index is 0.484. The Labute approximate surface area is 187 Å². The number of aromatic amines is 1. The van der Waals surface area contributed by atoms with Crippen LogP contribution in [0.25, 0.3) is 33.2 Å². The topological polar surface area (TPSA) is 92.3 Å². The molecular formula is C22H20IN7. The third kappa shape index (κ3) is 3.95. The number of H-pyrrole nitrogens is 1. The van der Waals surface area contributed by atoms with Gasteiger partial charge in [-0.3, -0.25) is 10.1 Å². The zero-order chi connectivity index (χ0) is 20.9. The van der Waals surface area contributed by atoms with Gasteiger partial charge in [-0.15, -0.1) is 5.10 Å². The van der Waals surface area contributed by atoms with Gasteiger partial charge in [-0.2, -0.15) is 4.98 Å². The Morgan fingerprint density at radius 2 is 1.67 bits per heavy atom. The molecule has 0 saturated carbocycles. The van der Waals surface area contributed by atoms with Crippen LogP contribution in [0.15, 0.2) is 60.8 Å². The summed E-state index contributed by atoms with van der Waals surface area (Å²) in [5, 5.41) is 13.4. The van der Waals surface area contributed by atoms with Crippen LogP contribution in [0.4, 0.5) is 11.8 Å². The molecule has 0 saturated heterocycles. The molecule has 0 aliphatic rings. The predicted molar refractivity (Wildman–Crippen MR) is 129 cm³/mol. The number of aromatic nitrogens is 6. The molecule has 0 aliphatic carbocycles. The molecular weight excluding hydrogens is 489 g/mol. The van der Waals surface area contributed by atoms with Gasteiger partial charge in [0, 0.05) is 23.4 Å². The number of alkyl halides is 1. The number of aryl methyl sites for hydroxylation is 1. The van der Waals surface area contributed by atoms with E-state index in [0.29, 0.717) is 17.6 Å². The molecule has 2 aromatic carbocycles. The van der Waals surface area contributed by atoms with Crippen molar-refractivity contribution in [3.63, 3.8) is 0 Å². The molecule has 5 rings (SSSR count). The van der Waals surface area contributed by atoms with Crippen molar-refractivity contribution in [1.82, 2.24) is 30.1 Å². The van der Waals surface area contributed by atoms with Crippen LogP contribution in [-0.2, 0) is 6.42 Å². The lowest BCUT2D eigenvalue weighted by atomic mass is 10.1. The van der Waals surface area contributed by atoms with Crippen molar-refractivity contribution in [2.75, 3.05) is 10.2 Å². The summed E-state index contributed by atoms with van der Waals surface area (Å²) >= 11 is 2.15. The minimum Gasteiger partial charge on any atom is -0.307 e. The van der Waals surface area contributed by atoms with Gasteiger partial charge in [0.2, 0.25) is 5.95 Å². The van der Waals surface area contributed by atoms with Gasteiger partial charge < -0.3 is 5.32 Å². The van der Waals surface area contributed by atoms with E-state index in [0.717, 1.165) is 39.6 Å². The Balaban J connectivity index is 0.00000106. The van der Waals surface area contributed by atoms with Crippen LogP contribution in [0.2, 0.25) is 0 Å². The number of halogens is 1. The van der Waals surface area contributed by atoms with Crippen molar-refractivity contribution in [2.45, 2.75) is 13.3 Å². The van der Waals surface area contributed by atoms with Crippen molar-refractivity contribution in [1.29, 1.82) is 0 Å². The highest BCUT2D eigenvalue weighted by molar-refractivity contribution is 14.1. The highest BCUT2D eigenvalue weighted by Gasteiger charge is 2.14. The van der Waals surface area contributed by atoms with Crippen LogP contribution < -0.4 is 5.32 Å². The number of benzene rings is 2. The Morgan fingerprint density at radius 1 is 0.900 bits per heavy atom. The zero-order valence-electron chi connectivity index (χ0n) is 16.6. The molecule has 3 heterocycles. The standard InChI is InChI=1S/C21H17N7.CH3I/c1-2-17-24-21(28-27-17)26-19-15-9-5-6-10-16(15)23-20(25-19)18-14-8-4-3-7-13(14)11-12-22-18;1-2/h3-12H,2H2,1H3,(H2,23,24,25,26,27,28);1H3. The lowest BCUT2D eigenvalue weighted by molar-refractivity contribution is 0.946. The van der Waals surface area contributed by atoms with Crippen LogP contribution in [-0.4, -0.2) is 35.1 Å². The van der Waals surface area contributed by atoms with Gasteiger partial charge in [0.05, 0.1) is 5.52 Å². The van der Waals surface area contributed by atoms with E-state index in [1.54, 1.807) is 6.20 Å². The molecule has 0 spiro atoms. The number of anilines is 2. The number of rotatable bonds is 4. The second kappa shape index (κ2) is 9.12. The molecule has 2 N–H and O–H groups in total. The average Bonchev–Trinajstić information content (AvgIpc) is 3.27. The number of nitrogens with zero attached hydrogens (tertiary/aromatic N) is 5. The van der Waals surface area contributed by atoms with Crippen molar-refractivity contribution >= 4 is 56.0 Å². The molecule has 0 unspecified atom stereocenters. The van der Waals surface area contributed by atoms with Crippen LogP contribution in [0.3, 0.4) is 0 Å². The summed E-state index contributed by atoms with van der Waals surface area (Å²) in [5.41, 5.74) is 1.58. The maximum absolute atomic E-state index is 4.77. The molecule has 0 radical (unpaired) electrons. The molecule has 0 bridgehead atoms. The van der Waals surface area contributed by atoms with Crippen LogP contribution >= 0.6 is 22.6 Å². The molecule has 0 aliphatic heterocycles. The lowest BCUT2D eigenvalue weighted by Gasteiger charge is -2.10. The van der Waals surface area contributed by atoms with Gasteiger partial charge in [0.15, 0.2) is 5.82 Å². The van der Waals surface area contributed by atoms with E-state index in [2.05, 4.69) is 54.1 Å². The minimum absolute atomic E-state index is 0.484. The first-order valence-corrected chi connectivity index (χ1v) is 11.6. The van der Waals surface area contributed by atoms with Gasteiger partial charge in [-0.05, 0) is 28.5 Å². The van der Waals surface area contributed by atoms with Crippen LogP contribution in [0.1, 0.15) is 12.7 Å². The maximum atomic E-state index is 4.77. The Kier molecular flexibility index (Phi) is 6.12. The fourth-order valence-electron chi connectivity index (χ4n) is 3.19. The number of para-hydroxylation sites is 1. The first kappa shape index (κ1) is 20.1. The van der Waals surface area contributed by atoms with Crippen LogP contribution in [0.5, 0.6) is 0 Å². The lowest BCUT2D eigenvalue weighted by Crippen LogP contribution is -2.01. The molecule has 8 heteroatoms. The number of fused-ring (bicyclic) bond motifs is 2. The Hall–Kier alpha value is -3.14. The van der Waals surface area contributed by atoms with E-state index in [4.69, 9.17) is 9.97 Å². The molecule has 0 atom stereocenters. The fraction of sp³-hybridized carbons (Fsp3) is 0.136. The second-order valence-electron chi connectivity index (χ2n) is 6.38. The molecule has 7 nitrogen and oxygen atoms in total. The SMILES string of the molecule is CCc1nc(Nc2nc(-c3nccc4ccccc34)nc3ccccc23)n[nH]1.CI. The van der Waals surface area contributed by atoms with Gasteiger partial charge in [-0.1, -0.05) is 65.9 Å². The van der Waals surface area contributed by atoms with E-state index in [1.807, 2.05) is 60.4 Å². The average molecular weight is 509 g/mol. The van der Waals surface area contributed by atoms with Crippen LogP contribution in [0, 0.1) is 0 Å². The van der Waals surface area contributed by atoms with E-state index in [9.17, 15) is 0 Å². The zero-order valence-corrected chi connectivity index (χ0v) is 18.8. The van der Waals surface area contributed by atoms with E-state index in [-0.39, 0.29) is 0 Å². The molecule has 5 aromatic rings. The molecule has 150 valence electrons. The van der Waals surface area contributed by atoms with Gasteiger partial charge in [0.25, 0.3) is 0 Å². The van der Waals surface area contributed by atoms with Crippen molar-refractivity contribution in [3.05, 3.63) is 66.6 Å². The third-order valence-electron chi connectivity index (χ3n) is 4.59. The molecule has 0 fully saturated rings. The third-order valence-corrected chi connectivity index (χ3v) is 4.59. The summed E-state index contributed by atoms with van der Waals surface area (Å²) in [5.74, 6) is 2.51. The number of pyridine rings is 1. The van der Waals surface area contributed by atoms with Gasteiger partial charge in [0.1, 0.15) is 17.3 Å². The molecule has 0 amide bonds. The maximum Gasteiger partial charge on any atom is 0.247 e. The first-order chi connectivity index (χ1) is 14.8. The monoisotopic (exact) mass is 509 g/mol. The van der Waals surface area contributed by atoms with E-state index >= 15 is 0 Å². The summed E-state index contributed by atoms with van der Waals surface area (Å²) in [6, 6.07) is 17.9. The quantitative estimate of drug-likeness (QED) is 0.252. The number of nitrogens with one attached hydrogen (secondary N) is 2. The number of hydrogen-bond acceptors (Lipinski definition) is 6. The Bertz CT molecular complexity index is 1290. The van der Waals surface area contributed by atoms with Crippen molar-refractivity contribution in [3.8, 4) is 11.5 Å².